The van der Waals surface area contributed by atoms with Crippen LogP contribution in [0.5, 0.6) is 0 Å². The molecule has 8 nitrogen and oxygen atoms in total. The molecule has 206 valence electrons. The van der Waals surface area contributed by atoms with Gasteiger partial charge >= 0.3 is 5.97 Å². The van der Waals surface area contributed by atoms with Crippen molar-refractivity contribution in [2.24, 2.45) is 11.3 Å². The maximum absolute atomic E-state index is 13.3. The van der Waals surface area contributed by atoms with Crippen molar-refractivity contribution in [2.75, 3.05) is 52.9 Å². The number of hydrogen-bond donors (Lipinski definition) is 2. The van der Waals surface area contributed by atoms with Gasteiger partial charge in [-0.05, 0) is 83.7 Å². The number of esters is 1. The van der Waals surface area contributed by atoms with E-state index in [0.29, 0.717) is 13.1 Å². The standard InChI is InChI=1S/C29H45N3O5/c1-30-16-9-24(10-17-30)27(35)32-15-6-5-12-29(28(36)37-22-26(34)25(33)11-18-32)13-19-31(20-14-29)21-23-7-3-2-4-8-23/h2-4,7-8,24-26,33-34H,5-6,9-22H2,1H3/t25-,26+/m0/s1. The monoisotopic (exact) mass is 515 g/mol. The van der Waals surface area contributed by atoms with Gasteiger partial charge in [0.1, 0.15) is 12.7 Å². The topological polar surface area (TPSA) is 93.6 Å². The van der Waals surface area contributed by atoms with Crippen LogP contribution >= 0.6 is 0 Å². The van der Waals surface area contributed by atoms with E-state index in [0.717, 1.165) is 77.7 Å². The molecule has 1 amide bonds. The first-order valence-corrected chi connectivity index (χ1v) is 14.1. The van der Waals surface area contributed by atoms with Crippen LogP contribution < -0.4 is 0 Å². The molecule has 1 aromatic rings. The van der Waals surface area contributed by atoms with Gasteiger partial charge in [-0.1, -0.05) is 36.8 Å². The van der Waals surface area contributed by atoms with Gasteiger partial charge in [-0.15, -0.1) is 0 Å². The SMILES string of the molecule is CN1CCC(C(=O)N2CCCCC3(CCN(Cc4ccccc4)CC3)C(=O)OC[C@@H](O)[C@@H](O)CC2)CC1. The molecule has 0 aromatic heterocycles. The zero-order valence-electron chi connectivity index (χ0n) is 22.4. The molecule has 0 saturated carbocycles. The zero-order chi connectivity index (χ0) is 26.3. The average Bonchev–Trinajstić information content (AvgIpc) is 2.92. The van der Waals surface area contributed by atoms with E-state index in [1.165, 1.54) is 5.56 Å². The van der Waals surface area contributed by atoms with E-state index < -0.39 is 17.6 Å². The van der Waals surface area contributed by atoms with Crippen molar-refractivity contribution < 1.29 is 24.5 Å². The van der Waals surface area contributed by atoms with E-state index in [1.54, 1.807) is 0 Å². The van der Waals surface area contributed by atoms with Crippen molar-refractivity contribution in [3.05, 3.63) is 35.9 Å². The molecule has 3 aliphatic heterocycles. The number of likely N-dealkylation sites (tertiary alicyclic amines) is 2. The van der Waals surface area contributed by atoms with Crippen molar-refractivity contribution in [1.29, 1.82) is 0 Å². The Bertz CT molecular complexity index is 866. The van der Waals surface area contributed by atoms with E-state index in [9.17, 15) is 19.8 Å². The maximum Gasteiger partial charge on any atom is 0.312 e. The number of aliphatic hydroxyl groups excluding tert-OH is 2. The van der Waals surface area contributed by atoms with Gasteiger partial charge in [0.25, 0.3) is 0 Å². The van der Waals surface area contributed by atoms with Crippen molar-refractivity contribution in [2.45, 2.75) is 70.1 Å². The molecule has 2 atom stereocenters. The Morgan fingerprint density at radius 1 is 0.919 bits per heavy atom. The number of hydrogen-bond acceptors (Lipinski definition) is 7. The number of rotatable bonds is 3. The molecule has 3 heterocycles. The van der Waals surface area contributed by atoms with Gasteiger partial charge in [0, 0.05) is 25.6 Å². The second kappa shape index (κ2) is 13.2. The number of amides is 1. The van der Waals surface area contributed by atoms with Crippen LogP contribution in [0.25, 0.3) is 0 Å². The number of nitrogens with zero attached hydrogens (tertiary/aromatic N) is 3. The van der Waals surface area contributed by atoms with Crippen LogP contribution in [0.2, 0.25) is 0 Å². The largest absolute Gasteiger partial charge is 0.462 e. The minimum atomic E-state index is -1.15. The molecular formula is C29H45N3O5. The Labute approximate surface area is 221 Å². The Morgan fingerprint density at radius 3 is 2.32 bits per heavy atom. The molecule has 37 heavy (non-hydrogen) atoms. The molecule has 0 radical (unpaired) electrons. The Hall–Kier alpha value is -2.00. The second-order valence-electron chi connectivity index (χ2n) is 11.4. The average molecular weight is 516 g/mol. The molecular weight excluding hydrogens is 470 g/mol. The van der Waals surface area contributed by atoms with Crippen molar-refractivity contribution in [3.63, 3.8) is 0 Å². The van der Waals surface area contributed by atoms with Crippen LogP contribution in [0.1, 0.15) is 56.9 Å². The Kier molecular flexibility index (Phi) is 9.98. The van der Waals surface area contributed by atoms with Crippen LogP contribution in [0.15, 0.2) is 30.3 Å². The lowest BCUT2D eigenvalue weighted by atomic mass is 9.74. The lowest BCUT2D eigenvalue weighted by molar-refractivity contribution is -0.165. The van der Waals surface area contributed by atoms with Gasteiger partial charge in [-0.2, -0.15) is 0 Å². The maximum atomic E-state index is 13.3. The molecule has 1 spiro atoms. The highest BCUT2D eigenvalue weighted by molar-refractivity contribution is 5.79. The highest BCUT2D eigenvalue weighted by atomic mass is 16.5. The van der Waals surface area contributed by atoms with Gasteiger partial charge in [0.15, 0.2) is 0 Å². The van der Waals surface area contributed by atoms with Crippen molar-refractivity contribution in [1.82, 2.24) is 14.7 Å². The first-order valence-electron chi connectivity index (χ1n) is 14.1. The normalized spacial score (nSPS) is 27.6. The summed E-state index contributed by atoms with van der Waals surface area (Å²) in [5.41, 5.74) is 0.691. The van der Waals surface area contributed by atoms with Gasteiger partial charge in [0.2, 0.25) is 5.91 Å². The summed E-state index contributed by atoms with van der Waals surface area (Å²) in [5, 5.41) is 21.0. The molecule has 0 unspecified atom stereocenters. The molecule has 0 aliphatic carbocycles. The summed E-state index contributed by atoms with van der Waals surface area (Å²) in [6.45, 7) is 5.18. The van der Waals surface area contributed by atoms with E-state index >= 15 is 0 Å². The lowest BCUT2D eigenvalue weighted by Gasteiger charge is -2.40. The van der Waals surface area contributed by atoms with Gasteiger partial charge in [0.05, 0.1) is 11.5 Å². The fourth-order valence-corrected chi connectivity index (χ4v) is 6.05. The van der Waals surface area contributed by atoms with Crippen LogP contribution in [0, 0.1) is 11.3 Å². The summed E-state index contributed by atoms with van der Waals surface area (Å²) >= 11 is 0. The van der Waals surface area contributed by atoms with Crippen LogP contribution in [-0.4, -0.2) is 102 Å². The summed E-state index contributed by atoms with van der Waals surface area (Å²) in [6, 6.07) is 10.4. The predicted molar refractivity (Wildman–Crippen MR) is 142 cm³/mol. The summed E-state index contributed by atoms with van der Waals surface area (Å²) in [7, 11) is 2.09. The lowest BCUT2D eigenvalue weighted by Crippen LogP contribution is -2.45. The molecule has 3 aliphatic rings. The van der Waals surface area contributed by atoms with Gasteiger partial charge in [-0.3, -0.25) is 14.5 Å². The first-order chi connectivity index (χ1) is 17.9. The van der Waals surface area contributed by atoms with E-state index in [2.05, 4.69) is 29.0 Å². The zero-order valence-corrected chi connectivity index (χ0v) is 22.4. The number of carbonyl (C=O) groups is 2. The van der Waals surface area contributed by atoms with Crippen LogP contribution in [-0.2, 0) is 20.9 Å². The number of benzene rings is 1. The van der Waals surface area contributed by atoms with Crippen LogP contribution in [0.4, 0.5) is 0 Å². The second-order valence-corrected chi connectivity index (χ2v) is 11.4. The number of aliphatic hydroxyl groups is 2. The third-order valence-electron chi connectivity index (χ3n) is 8.73. The fraction of sp³-hybridized carbons (Fsp3) is 0.724. The predicted octanol–water partition coefficient (Wildman–Crippen LogP) is 2.28. The number of cyclic esters (lactones) is 1. The molecule has 0 bridgehead atoms. The van der Waals surface area contributed by atoms with Crippen molar-refractivity contribution in [3.8, 4) is 0 Å². The minimum absolute atomic E-state index is 0.0270. The van der Waals surface area contributed by atoms with Gasteiger partial charge < -0.3 is 24.7 Å². The molecule has 4 rings (SSSR count). The summed E-state index contributed by atoms with van der Waals surface area (Å²) in [6.07, 6.45) is 3.63. The molecule has 3 fully saturated rings. The fourth-order valence-electron chi connectivity index (χ4n) is 6.05. The smallest absolute Gasteiger partial charge is 0.312 e. The van der Waals surface area contributed by atoms with E-state index in [1.807, 2.05) is 23.1 Å². The Balaban J connectivity index is 1.39. The first kappa shape index (κ1) is 28.0. The molecule has 1 aromatic carbocycles. The molecule has 8 heteroatoms. The van der Waals surface area contributed by atoms with Crippen molar-refractivity contribution >= 4 is 11.9 Å². The third kappa shape index (κ3) is 7.53. The summed E-state index contributed by atoms with van der Waals surface area (Å²) < 4.78 is 5.61. The quantitative estimate of drug-likeness (QED) is 0.597. The number of ether oxygens (including phenoxy) is 1. The highest BCUT2D eigenvalue weighted by Crippen LogP contribution is 2.39. The van der Waals surface area contributed by atoms with E-state index in [-0.39, 0.29) is 30.8 Å². The van der Waals surface area contributed by atoms with Gasteiger partial charge in [-0.25, -0.2) is 0 Å². The molecule has 3 saturated heterocycles. The Morgan fingerprint density at radius 2 is 1.62 bits per heavy atom. The minimum Gasteiger partial charge on any atom is -0.462 e. The van der Waals surface area contributed by atoms with Crippen LogP contribution in [0.3, 0.4) is 0 Å². The number of piperidine rings is 2. The highest BCUT2D eigenvalue weighted by Gasteiger charge is 2.43. The van der Waals surface area contributed by atoms with E-state index in [4.69, 9.17) is 4.74 Å². The molecule has 2 N–H and O–H groups in total. The summed E-state index contributed by atoms with van der Waals surface area (Å²) in [5.74, 6) is -0.0586. The number of carbonyl (C=O) groups excluding carboxylic acids is 2. The summed E-state index contributed by atoms with van der Waals surface area (Å²) in [4.78, 5) is 33.2. The third-order valence-corrected chi connectivity index (χ3v) is 8.73.